The Morgan fingerprint density at radius 1 is 1.43 bits per heavy atom. The van der Waals surface area contributed by atoms with E-state index in [2.05, 4.69) is 34.7 Å². The number of nitrogens with zero attached hydrogens (tertiary/aromatic N) is 1. The van der Waals surface area contributed by atoms with Crippen LogP contribution in [-0.4, -0.2) is 28.7 Å². The van der Waals surface area contributed by atoms with Gasteiger partial charge < -0.3 is 4.90 Å². The van der Waals surface area contributed by atoms with Crippen LogP contribution in [0.1, 0.15) is 39.5 Å². The van der Waals surface area contributed by atoms with Gasteiger partial charge in [0.15, 0.2) is 0 Å². The van der Waals surface area contributed by atoms with Gasteiger partial charge in [-0.3, -0.25) is 4.79 Å². The first-order valence-electron chi connectivity index (χ1n) is 5.50. The first-order chi connectivity index (χ1) is 6.65. The Balaban J connectivity index is 2.55. The zero-order valence-electron chi connectivity index (χ0n) is 9.13. The van der Waals surface area contributed by atoms with Crippen LogP contribution in [-0.2, 0) is 4.79 Å². The largest absolute Gasteiger partial charge is 0.339 e. The van der Waals surface area contributed by atoms with Gasteiger partial charge in [0.1, 0.15) is 0 Å². The molecule has 0 saturated heterocycles. The zero-order chi connectivity index (χ0) is 10.6. The van der Waals surface area contributed by atoms with E-state index in [1.807, 2.05) is 0 Å². The summed E-state index contributed by atoms with van der Waals surface area (Å²) in [7, 11) is 0. The zero-order valence-corrected chi connectivity index (χ0v) is 10.7. The van der Waals surface area contributed by atoms with Crippen LogP contribution < -0.4 is 0 Å². The lowest BCUT2D eigenvalue weighted by Crippen LogP contribution is -2.41. The van der Waals surface area contributed by atoms with Crippen LogP contribution in [0.2, 0.25) is 0 Å². The predicted octanol–water partition coefficient (Wildman–Crippen LogP) is 2.81. The summed E-state index contributed by atoms with van der Waals surface area (Å²) in [6, 6.07) is 0.516. The van der Waals surface area contributed by atoms with E-state index in [1.165, 1.54) is 25.7 Å². The molecule has 82 valence electrons. The monoisotopic (exact) mass is 261 g/mol. The molecule has 0 aromatic heterocycles. The molecule has 0 atom stereocenters. The van der Waals surface area contributed by atoms with Crippen LogP contribution in [0.25, 0.3) is 0 Å². The summed E-state index contributed by atoms with van der Waals surface area (Å²) in [5, 5.41) is 0.468. The Labute approximate surface area is 95.2 Å². The second-order valence-electron chi connectivity index (χ2n) is 4.51. The van der Waals surface area contributed by atoms with E-state index in [-0.39, 0.29) is 5.91 Å². The molecule has 2 nitrogen and oxygen atoms in total. The number of alkyl halides is 1. The average Bonchev–Trinajstić information content (AvgIpc) is 2.65. The number of carbonyl (C=O) groups is 1. The third-order valence-corrected chi connectivity index (χ3v) is 3.24. The van der Waals surface area contributed by atoms with Crippen molar-refractivity contribution in [2.75, 3.05) is 11.9 Å². The highest BCUT2D eigenvalue weighted by atomic mass is 79.9. The van der Waals surface area contributed by atoms with Crippen LogP contribution >= 0.6 is 15.9 Å². The fourth-order valence-electron chi connectivity index (χ4n) is 2.14. The molecule has 1 aliphatic rings. The number of hydrogen-bond acceptors (Lipinski definition) is 1. The number of carbonyl (C=O) groups excluding carboxylic acids is 1. The van der Waals surface area contributed by atoms with E-state index in [1.54, 1.807) is 0 Å². The molecule has 0 aromatic rings. The van der Waals surface area contributed by atoms with E-state index in [0.29, 0.717) is 17.3 Å². The summed E-state index contributed by atoms with van der Waals surface area (Å²) in [5.41, 5.74) is 0. The van der Waals surface area contributed by atoms with Crippen LogP contribution in [0, 0.1) is 5.92 Å². The minimum atomic E-state index is 0.255. The van der Waals surface area contributed by atoms with Gasteiger partial charge in [-0.1, -0.05) is 42.6 Å². The lowest BCUT2D eigenvalue weighted by atomic mass is 10.1. The molecule has 1 fully saturated rings. The minimum Gasteiger partial charge on any atom is -0.339 e. The van der Waals surface area contributed by atoms with Crippen molar-refractivity contribution >= 4 is 21.8 Å². The van der Waals surface area contributed by atoms with Crippen molar-refractivity contribution in [3.63, 3.8) is 0 Å². The molecule has 1 saturated carbocycles. The molecule has 0 bridgehead atoms. The molecule has 1 aliphatic carbocycles. The molecular weight excluding hydrogens is 242 g/mol. The molecule has 0 heterocycles. The molecule has 1 amide bonds. The molecule has 0 aromatic carbocycles. The molecule has 14 heavy (non-hydrogen) atoms. The summed E-state index contributed by atoms with van der Waals surface area (Å²) in [6.45, 7) is 5.25. The molecule has 0 unspecified atom stereocenters. The Morgan fingerprint density at radius 2 is 2.00 bits per heavy atom. The van der Waals surface area contributed by atoms with Gasteiger partial charge >= 0.3 is 0 Å². The first-order valence-corrected chi connectivity index (χ1v) is 6.62. The molecule has 0 spiro atoms. The average molecular weight is 262 g/mol. The van der Waals surface area contributed by atoms with E-state index >= 15 is 0 Å². The van der Waals surface area contributed by atoms with Gasteiger partial charge in [-0.25, -0.2) is 0 Å². The summed E-state index contributed by atoms with van der Waals surface area (Å²) >= 11 is 3.26. The van der Waals surface area contributed by atoms with Crippen molar-refractivity contribution in [3.8, 4) is 0 Å². The smallest absolute Gasteiger partial charge is 0.233 e. The van der Waals surface area contributed by atoms with Gasteiger partial charge in [0.2, 0.25) is 5.91 Å². The van der Waals surface area contributed by atoms with E-state index in [0.717, 1.165) is 6.54 Å². The van der Waals surface area contributed by atoms with Crippen molar-refractivity contribution in [3.05, 3.63) is 0 Å². The van der Waals surface area contributed by atoms with Crippen molar-refractivity contribution in [2.24, 2.45) is 5.92 Å². The fourth-order valence-corrected chi connectivity index (χ4v) is 2.46. The van der Waals surface area contributed by atoms with Gasteiger partial charge in [-0.2, -0.15) is 0 Å². The Morgan fingerprint density at radius 3 is 2.43 bits per heavy atom. The fraction of sp³-hybridized carbons (Fsp3) is 0.909. The van der Waals surface area contributed by atoms with E-state index in [9.17, 15) is 4.79 Å². The molecule has 3 heteroatoms. The second kappa shape index (κ2) is 5.74. The highest BCUT2D eigenvalue weighted by molar-refractivity contribution is 9.09. The lowest BCUT2D eigenvalue weighted by molar-refractivity contribution is -0.131. The van der Waals surface area contributed by atoms with Crippen molar-refractivity contribution < 1.29 is 4.79 Å². The molecule has 0 N–H and O–H groups in total. The molecule has 1 rings (SSSR count). The highest BCUT2D eigenvalue weighted by Gasteiger charge is 2.26. The quantitative estimate of drug-likeness (QED) is 0.713. The minimum absolute atomic E-state index is 0.255. The number of rotatable bonds is 4. The molecule has 0 radical (unpaired) electrons. The summed E-state index contributed by atoms with van der Waals surface area (Å²) in [5.74, 6) is 0.823. The Bertz CT molecular complexity index is 188. The number of amides is 1. The van der Waals surface area contributed by atoms with Gasteiger partial charge in [-0.15, -0.1) is 0 Å². The standard InChI is InChI=1S/C11H20BrNO/c1-9(2)8-13(11(14)7-12)10-5-3-4-6-10/h9-10H,3-8H2,1-2H3. The summed E-state index contributed by atoms with van der Waals surface area (Å²) < 4.78 is 0. The normalized spacial score (nSPS) is 17.7. The summed E-state index contributed by atoms with van der Waals surface area (Å²) in [6.07, 6.45) is 4.97. The highest BCUT2D eigenvalue weighted by Crippen LogP contribution is 2.24. The van der Waals surface area contributed by atoms with Crippen LogP contribution in [0.4, 0.5) is 0 Å². The van der Waals surface area contributed by atoms with Crippen molar-refractivity contribution in [2.45, 2.75) is 45.6 Å². The first kappa shape index (κ1) is 12.0. The van der Waals surface area contributed by atoms with Gasteiger partial charge in [-0.05, 0) is 18.8 Å². The Hall–Kier alpha value is -0.0500. The number of halogens is 1. The van der Waals surface area contributed by atoms with Crippen LogP contribution in [0.15, 0.2) is 0 Å². The Kier molecular flexibility index (Phi) is 4.93. The van der Waals surface area contributed by atoms with Crippen molar-refractivity contribution in [1.29, 1.82) is 0 Å². The molecular formula is C11H20BrNO. The maximum absolute atomic E-state index is 11.7. The van der Waals surface area contributed by atoms with Crippen molar-refractivity contribution in [1.82, 2.24) is 4.90 Å². The number of hydrogen-bond donors (Lipinski definition) is 0. The van der Waals surface area contributed by atoms with Crippen LogP contribution in [0.3, 0.4) is 0 Å². The van der Waals surface area contributed by atoms with Gasteiger partial charge in [0.25, 0.3) is 0 Å². The third-order valence-electron chi connectivity index (χ3n) is 2.76. The summed E-state index contributed by atoms with van der Waals surface area (Å²) in [4.78, 5) is 13.8. The SMILES string of the molecule is CC(C)CN(C(=O)CBr)C1CCCC1. The van der Waals surface area contributed by atoms with E-state index in [4.69, 9.17) is 0 Å². The lowest BCUT2D eigenvalue weighted by Gasteiger charge is -2.30. The third kappa shape index (κ3) is 3.26. The van der Waals surface area contributed by atoms with E-state index < -0.39 is 0 Å². The van der Waals surface area contributed by atoms with Gasteiger partial charge in [0.05, 0.1) is 5.33 Å². The predicted molar refractivity (Wildman–Crippen MR) is 62.6 cm³/mol. The van der Waals surface area contributed by atoms with Crippen LogP contribution in [0.5, 0.6) is 0 Å². The maximum atomic E-state index is 11.7. The van der Waals surface area contributed by atoms with Gasteiger partial charge in [0, 0.05) is 12.6 Å². The second-order valence-corrected chi connectivity index (χ2v) is 5.07. The topological polar surface area (TPSA) is 20.3 Å². The molecule has 0 aliphatic heterocycles. The maximum Gasteiger partial charge on any atom is 0.233 e.